The van der Waals surface area contributed by atoms with Gasteiger partial charge in [-0.05, 0) is 42.3 Å². The molecule has 3 aromatic rings. The molecule has 0 aliphatic carbocycles. The molecule has 0 unspecified atom stereocenters. The average Bonchev–Trinajstić information content (AvgIpc) is 3.24. The number of nitrogens with zero attached hydrogens (tertiary/aromatic N) is 1. The van der Waals surface area contributed by atoms with Crippen molar-refractivity contribution in [2.75, 3.05) is 23.3 Å². The lowest BCUT2D eigenvalue weighted by Gasteiger charge is -2.21. The Morgan fingerprint density at radius 3 is 2.43 bits per heavy atom. The van der Waals surface area contributed by atoms with Crippen LogP contribution in [0.3, 0.4) is 0 Å². The molecule has 0 spiro atoms. The number of carboxylic acid groups (broad SMARTS) is 1. The number of carbonyl (C=O) groups excluding carboxylic acids is 1. The molecule has 1 amide bonds. The molecule has 5 nitrogen and oxygen atoms in total. The SMILES string of the molecule is O=C(Nc1ccc(N2CC[C@@H](c3ccccc3)C2)c(C(=O)O)c1)c1ccccc1F. The van der Waals surface area contributed by atoms with E-state index in [1.165, 1.54) is 29.8 Å². The molecule has 1 aliphatic rings. The Kier molecular flexibility index (Phi) is 5.48. The molecule has 4 rings (SSSR count). The number of benzene rings is 3. The molecule has 1 saturated heterocycles. The van der Waals surface area contributed by atoms with Crippen LogP contribution in [-0.4, -0.2) is 30.1 Å². The molecule has 30 heavy (non-hydrogen) atoms. The van der Waals surface area contributed by atoms with Crippen molar-refractivity contribution in [3.8, 4) is 0 Å². The molecule has 1 aliphatic heterocycles. The maximum atomic E-state index is 13.8. The lowest BCUT2D eigenvalue weighted by Crippen LogP contribution is -2.22. The lowest BCUT2D eigenvalue weighted by molar-refractivity contribution is 0.0697. The zero-order chi connectivity index (χ0) is 21.1. The van der Waals surface area contributed by atoms with Crippen molar-refractivity contribution in [1.29, 1.82) is 0 Å². The Morgan fingerprint density at radius 2 is 1.70 bits per heavy atom. The number of aromatic carboxylic acids is 1. The fourth-order valence-corrected chi connectivity index (χ4v) is 3.88. The van der Waals surface area contributed by atoms with Crippen molar-refractivity contribution in [2.45, 2.75) is 12.3 Å². The fourth-order valence-electron chi connectivity index (χ4n) is 3.88. The van der Waals surface area contributed by atoms with Crippen LogP contribution >= 0.6 is 0 Å². The zero-order valence-corrected chi connectivity index (χ0v) is 16.2. The van der Waals surface area contributed by atoms with Crippen LogP contribution in [0.1, 0.15) is 38.6 Å². The number of anilines is 2. The molecule has 3 aromatic carbocycles. The molecule has 1 heterocycles. The molecular weight excluding hydrogens is 383 g/mol. The number of carboxylic acids is 1. The smallest absolute Gasteiger partial charge is 0.337 e. The maximum Gasteiger partial charge on any atom is 0.337 e. The molecule has 0 bridgehead atoms. The van der Waals surface area contributed by atoms with Gasteiger partial charge in [0.15, 0.2) is 0 Å². The van der Waals surface area contributed by atoms with Crippen molar-refractivity contribution >= 4 is 23.3 Å². The second-order valence-corrected chi connectivity index (χ2v) is 7.31. The zero-order valence-electron chi connectivity index (χ0n) is 16.2. The van der Waals surface area contributed by atoms with Gasteiger partial charge in [0, 0.05) is 24.7 Å². The summed E-state index contributed by atoms with van der Waals surface area (Å²) < 4.78 is 13.8. The lowest BCUT2D eigenvalue weighted by atomic mass is 9.99. The van der Waals surface area contributed by atoms with Gasteiger partial charge < -0.3 is 15.3 Å². The number of amides is 1. The van der Waals surface area contributed by atoms with Crippen LogP contribution in [0.2, 0.25) is 0 Å². The summed E-state index contributed by atoms with van der Waals surface area (Å²) in [6, 6.07) is 20.6. The summed E-state index contributed by atoms with van der Waals surface area (Å²) in [5, 5.41) is 12.3. The van der Waals surface area contributed by atoms with Crippen molar-refractivity contribution in [2.24, 2.45) is 0 Å². The van der Waals surface area contributed by atoms with Gasteiger partial charge in [0.1, 0.15) is 5.82 Å². The van der Waals surface area contributed by atoms with Crippen LogP contribution in [0.25, 0.3) is 0 Å². The van der Waals surface area contributed by atoms with E-state index in [1.54, 1.807) is 18.2 Å². The minimum Gasteiger partial charge on any atom is -0.478 e. The molecule has 152 valence electrons. The minimum absolute atomic E-state index is 0.0938. The summed E-state index contributed by atoms with van der Waals surface area (Å²) in [4.78, 5) is 26.3. The van der Waals surface area contributed by atoms with E-state index in [0.29, 0.717) is 17.3 Å². The van der Waals surface area contributed by atoms with Crippen molar-refractivity contribution < 1.29 is 19.1 Å². The average molecular weight is 404 g/mol. The van der Waals surface area contributed by atoms with Crippen LogP contribution in [-0.2, 0) is 0 Å². The van der Waals surface area contributed by atoms with Crippen molar-refractivity contribution in [3.05, 3.63) is 95.3 Å². The second kappa shape index (κ2) is 8.37. The molecule has 1 fully saturated rings. The van der Waals surface area contributed by atoms with Gasteiger partial charge in [0.2, 0.25) is 0 Å². The van der Waals surface area contributed by atoms with Crippen LogP contribution in [0.15, 0.2) is 72.8 Å². The second-order valence-electron chi connectivity index (χ2n) is 7.31. The number of rotatable bonds is 5. The summed E-state index contributed by atoms with van der Waals surface area (Å²) in [5.41, 5.74) is 2.18. The Bertz CT molecular complexity index is 1080. The number of hydrogen-bond donors (Lipinski definition) is 2. The largest absolute Gasteiger partial charge is 0.478 e. The Hall–Kier alpha value is -3.67. The van der Waals surface area contributed by atoms with E-state index < -0.39 is 17.7 Å². The van der Waals surface area contributed by atoms with E-state index in [4.69, 9.17) is 0 Å². The summed E-state index contributed by atoms with van der Waals surface area (Å²) in [7, 11) is 0. The first-order valence-electron chi connectivity index (χ1n) is 9.76. The Morgan fingerprint density at radius 1 is 0.967 bits per heavy atom. The molecule has 2 N–H and O–H groups in total. The third-order valence-corrected chi connectivity index (χ3v) is 5.40. The van der Waals surface area contributed by atoms with Gasteiger partial charge in [-0.15, -0.1) is 0 Å². The van der Waals surface area contributed by atoms with Gasteiger partial charge in [-0.25, -0.2) is 9.18 Å². The van der Waals surface area contributed by atoms with E-state index in [2.05, 4.69) is 22.3 Å². The number of hydrogen-bond acceptors (Lipinski definition) is 3. The highest BCUT2D eigenvalue weighted by Gasteiger charge is 2.27. The summed E-state index contributed by atoms with van der Waals surface area (Å²) in [5.74, 6) is -1.99. The predicted molar refractivity (Wildman–Crippen MR) is 114 cm³/mol. The molecule has 0 saturated carbocycles. The molecule has 6 heteroatoms. The van der Waals surface area contributed by atoms with Crippen molar-refractivity contribution in [3.63, 3.8) is 0 Å². The van der Waals surface area contributed by atoms with Gasteiger partial charge in [0.25, 0.3) is 5.91 Å². The first-order chi connectivity index (χ1) is 14.5. The molecule has 0 radical (unpaired) electrons. The fraction of sp³-hybridized carbons (Fsp3) is 0.167. The molecule has 1 atom stereocenters. The first kappa shape index (κ1) is 19.6. The molecule has 0 aromatic heterocycles. The maximum absolute atomic E-state index is 13.8. The predicted octanol–water partition coefficient (Wildman–Crippen LogP) is 4.77. The Labute approximate surface area is 173 Å². The van der Waals surface area contributed by atoms with E-state index in [1.807, 2.05) is 18.2 Å². The topological polar surface area (TPSA) is 69.6 Å². The highest BCUT2D eigenvalue weighted by atomic mass is 19.1. The van der Waals surface area contributed by atoms with Gasteiger partial charge in [0.05, 0.1) is 16.8 Å². The summed E-state index contributed by atoms with van der Waals surface area (Å²) >= 11 is 0. The highest BCUT2D eigenvalue weighted by molar-refractivity contribution is 6.05. The van der Waals surface area contributed by atoms with Crippen LogP contribution in [0, 0.1) is 5.82 Å². The quantitative estimate of drug-likeness (QED) is 0.643. The Balaban J connectivity index is 1.55. The minimum atomic E-state index is -1.07. The first-order valence-corrected chi connectivity index (χ1v) is 9.76. The molecular formula is C24H21FN2O3. The van der Waals surface area contributed by atoms with E-state index in [9.17, 15) is 19.1 Å². The van der Waals surface area contributed by atoms with Gasteiger partial charge >= 0.3 is 5.97 Å². The van der Waals surface area contributed by atoms with Crippen LogP contribution < -0.4 is 10.2 Å². The highest BCUT2D eigenvalue weighted by Crippen LogP contribution is 2.33. The number of carbonyl (C=O) groups is 2. The van der Waals surface area contributed by atoms with Gasteiger partial charge in [-0.3, -0.25) is 4.79 Å². The number of nitrogens with one attached hydrogen (secondary N) is 1. The van der Waals surface area contributed by atoms with Gasteiger partial charge in [-0.1, -0.05) is 42.5 Å². The van der Waals surface area contributed by atoms with Crippen LogP contribution in [0.5, 0.6) is 0 Å². The van der Waals surface area contributed by atoms with E-state index in [0.717, 1.165) is 19.5 Å². The monoisotopic (exact) mass is 404 g/mol. The third-order valence-electron chi connectivity index (χ3n) is 5.40. The van der Waals surface area contributed by atoms with Gasteiger partial charge in [-0.2, -0.15) is 0 Å². The summed E-state index contributed by atoms with van der Waals surface area (Å²) in [6.45, 7) is 1.48. The standard InChI is InChI=1S/C24H21FN2O3/c25-21-9-5-4-8-19(21)23(28)26-18-10-11-22(20(14-18)24(29)30)27-13-12-17(15-27)16-6-2-1-3-7-16/h1-11,14,17H,12-13,15H2,(H,26,28)(H,29,30)/t17-/m1/s1. The summed E-state index contributed by atoms with van der Waals surface area (Å²) in [6.07, 6.45) is 0.939. The van der Waals surface area contributed by atoms with E-state index >= 15 is 0 Å². The van der Waals surface area contributed by atoms with Crippen LogP contribution in [0.4, 0.5) is 15.8 Å². The normalized spacial score (nSPS) is 15.8. The third kappa shape index (κ3) is 4.03. The number of halogens is 1. The van der Waals surface area contributed by atoms with E-state index in [-0.39, 0.29) is 11.1 Å². The van der Waals surface area contributed by atoms with Crippen molar-refractivity contribution in [1.82, 2.24) is 0 Å².